The zero-order valence-corrected chi connectivity index (χ0v) is 16.6. The molecule has 1 atom stereocenters. The minimum atomic E-state index is -4.05. The van der Waals surface area contributed by atoms with Gasteiger partial charge in [-0.1, -0.05) is 6.07 Å². The molecule has 1 aliphatic heterocycles. The largest absolute Gasteiger partial charge is 0.508 e. The van der Waals surface area contributed by atoms with Crippen LogP contribution in [0.25, 0.3) is 0 Å². The molecule has 0 bridgehead atoms. The van der Waals surface area contributed by atoms with Crippen molar-refractivity contribution in [2.24, 2.45) is 0 Å². The number of halogens is 3. The average Bonchev–Trinajstić information content (AvgIpc) is 3.12. The first-order valence-corrected chi connectivity index (χ1v) is 10.1. The SMILES string of the molecule is N#Cc1ccc(O)cc1F.O=S(=O)(c1cccc(OC(F)F)n1)N1CCC(O)(CO)C1. The van der Waals surface area contributed by atoms with Gasteiger partial charge in [0.25, 0.3) is 10.0 Å². The van der Waals surface area contributed by atoms with E-state index in [0.717, 1.165) is 22.5 Å². The summed E-state index contributed by atoms with van der Waals surface area (Å²) in [6, 6.07) is 8.51. The highest BCUT2D eigenvalue weighted by Gasteiger charge is 2.41. The predicted molar refractivity (Wildman–Crippen MR) is 99.1 cm³/mol. The highest BCUT2D eigenvalue weighted by Crippen LogP contribution is 2.27. The van der Waals surface area contributed by atoms with Gasteiger partial charge in [0.1, 0.15) is 23.2 Å². The van der Waals surface area contributed by atoms with Gasteiger partial charge in [0.15, 0.2) is 5.03 Å². The van der Waals surface area contributed by atoms with Crippen molar-refractivity contribution in [2.45, 2.75) is 23.7 Å². The molecule has 3 rings (SSSR count). The molecule has 1 unspecified atom stereocenters. The first-order valence-electron chi connectivity index (χ1n) is 8.64. The molecule has 1 aromatic heterocycles. The molecule has 1 aliphatic rings. The van der Waals surface area contributed by atoms with Crippen LogP contribution in [0.2, 0.25) is 0 Å². The van der Waals surface area contributed by atoms with Crippen molar-refractivity contribution >= 4 is 10.0 Å². The Morgan fingerprint density at radius 1 is 1.32 bits per heavy atom. The highest BCUT2D eigenvalue weighted by molar-refractivity contribution is 7.89. The number of hydrogen-bond donors (Lipinski definition) is 3. The summed E-state index contributed by atoms with van der Waals surface area (Å²) in [5, 5.41) is 35.4. The van der Waals surface area contributed by atoms with Gasteiger partial charge in [-0.2, -0.15) is 18.3 Å². The number of rotatable bonds is 5. The molecule has 1 fully saturated rings. The minimum absolute atomic E-state index is 0.000997. The number of alkyl halides is 2. The molecule has 9 nitrogen and oxygen atoms in total. The number of β-amino-alcohol motifs (C(OH)–C–C–N with tert-alkyl or cyclic N) is 1. The van der Waals surface area contributed by atoms with Gasteiger partial charge in [-0.3, -0.25) is 0 Å². The fourth-order valence-electron chi connectivity index (χ4n) is 2.58. The second-order valence-electron chi connectivity index (χ2n) is 6.44. The minimum Gasteiger partial charge on any atom is -0.508 e. The number of phenolic OH excluding ortho intramolecular Hbond substituents is 1. The number of aromatic hydroxyl groups is 1. The van der Waals surface area contributed by atoms with Crippen molar-refractivity contribution < 1.29 is 41.6 Å². The molecule has 2 aromatic rings. The lowest BCUT2D eigenvalue weighted by molar-refractivity contribution is -0.0532. The second kappa shape index (κ2) is 9.92. The number of hydrogen-bond acceptors (Lipinski definition) is 8. The summed E-state index contributed by atoms with van der Waals surface area (Å²) in [4.78, 5) is 3.53. The van der Waals surface area contributed by atoms with Crippen LogP contribution in [0.4, 0.5) is 13.2 Å². The molecule has 0 radical (unpaired) electrons. The summed E-state index contributed by atoms with van der Waals surface area (Å²) in [6.07, 6.45) is 0.0793. The molecular formula is C18H18F3N3O6S. The van der Waals surface area contributed by atoms with Crippen LogP contribution in [-0.2, 0) is 10.0 Å². The van der Waals surface area contributed by atoms with Crippen LogP contribution >= 0.6 is 0 Å². The van der Waals surface area contributed by atoms with Crippen molar-refractivity contribution in [1.29, 1.82) is 5.26 Å². The van der Waals surface area contributed by atoms with Crippen LogP contribution in [-0.4, -0.2) is 64.9 Å². The van der Waals surface area contributed by atoms with E-state index in [1.807, 2.05) is 0 Å². The molecule has 3 N–H and O–H groups in total. The van der Waals surface area contributed by atoms with E-state index in [1.54, 1.807) is 6.07 Å². The van der Waals surface area contributed by atoms with Crippen LogP contribution in [0.15, 0.2) is 41.4 Å². The maximum atomic E-state index is 12.5. The standard InChI is InChI=1S/C11H14F2N2O5S.C7H4FNO/c12-10(13)20-8-2-1-3-9(14-8)21(18,19)15-5-4-11(17,6-15)7-16;8-7-3-6(10)2-1-5(7)4-9/h1-3,10,16-17H,4-7H2;1-3,10H. The van der Waals surface area contributed by atoms with Crippen molar-refractivity contribution in [3.8, 4) is 17.7 Å². The molecule has 13 heteroatoms. The Labute approximate surface area is 175 Å². The molecular weight excluding hydrogens is 443 g/mol. The Morgan fingerprint density at radius 3 is 2.58 bits per heavy atom. The van der Waals surface area contributed by atoms with E-state index in [-0.39, 0.29) is 30.8 Å². The summed E-state index contributed by atoms with van der Waals surface area (Å²) in [5.74, 6) is -1.37. The van der Waals surface area contributed by atoms with Gasteiger partial charge in [0, 0.05) is 25.2 Å². The van der Waals surface area contributed by atoms with E-state index in [2.05, 4.69) is 9.72 Å². The lowest BCUT2D eigenvalue weighted by Crippen LogP contribution is -2.39. The molecule has 2 heterocycles. The van der Waals surface area contributed by atoms with Crippen LogP contribution in [0.3, 0.4) is 0 Å². The van der Waals surface area contributed by atoms with E-state index in [9.17, 15) is 26.7 Å². The summed E-state index contributed by atoms with van der Waals surface area (Å²) in [6.45, 7) is -3.96. The molecule has 1 saturated heterocycles. The summed E-state index contributed by atoms with van der Waals surface area (Å²) in [7, 11) is -4.05. The van der Waals surface area contributed by atoms with E-state index in [1.165, 1.54) is 18.2 Å². The maximum absolute atomic E-state index is 12.5. The molecule has 0 spiro atoms. The van der Waals surface area contributed by atoms with E-state index < -0.39 is 45.6 Å². The van der Waals surface area contributed by atoms with Crippen molar-refractivity contribution in [2.75, 3.05) is 19.7 Å². The molecule has 31 heavy (non-hydrogen) atoms. The van der Waals surface area contributed by atoms with Gasteiger partial charge in [-0.05, 0) is 24.6 Å². The smallest absolute Gasteiger partial charge is 0.388 e. The highest BCUT2D eigenvalue weighted by atomic mass is 32.2. The number of nitrogens with zero attached hydrogens (tertiary/aromatic N) is 3. The zero-order chi connectivity index (χ0) is 23.2. The summed E-state index contributed by atoms with van der Waals surface area (Å²) in [5.41, 5.74) is -1.55. The third-order valence-corrected chi connectivity index (χ3v) is 5.92. The zero-order valence-electron chi connectivity index (χ0n) is 15.8. The average molecular weight is 461 g/mol. The van der Waals surface area contributed by atoms with Crippen molar-refractivity contribution in [1.82, 2.24) is 9.29 Å². The summed E-state index contributed by atoms with van der Waals surface area (Å²) >= 11 is 0. The molecule has 1 aromatic carbocycles. The summed E-state index contributed by atoms with van der Waals surface area (Å²) < 4.78 is 66.3. The van der Waals surface area contributed by atoms with Gasteiger partial charge < -0.3 is 20.1 Å². The van der Waals surface area contributed by atoms with Crippen molar-refractivity contribution in [3.05, 3.63) is 47.8 Å². The molecule has 0 aliphatic carbocycles. The monoisotopic (exact) mass is 461 g/mol. The number of benzene rings is 1. The molecule has 168 valence electrons. The van der Waals surface area contributed by atoms with Crippen LogP contribution in [0.5, 0.6) is 11.6 Å². The Kier molecular flexibility index (Phi) is 7.80. The number of nitriles is 1. The first kappa shape index (κ1) is 24.4. The Bertz CT molecular complexity index is 1060. The predicted octanol–water partition coefficient (Wildman–Crippen LogP) is 1.20. The number of ether oxygens (including phenoxy) is 1. The third kappa shape index (κ3) is 6.28. The Balaban J connectivity index is 0.000000285. The van der Waals surface area contributed by atoms with Crippen LogP contribution < -0.4 is 4.74 Å². The Hall–Kier alpha value is -2.92. The van der Waals surface area contributed by atoms with Gasteiger partial charge in [0.05, 0.1) is 12.2 Å². The Morgan fingerprint density at radius 2 is 2.03 bits per heavy atom. The second-order valence-corrected chi connectivity index (χ2v) is 8.32. The van der Waals surface area contributed by atoms with Crippen molar-refractivity contribution in [3.63, 3.8) is 0 Å². The van der Waals surface area contributed by atoms with Crippen LogP contribution in [0.1, 0.15) is 12.0 Å². The van der Waals surface area contributed by atoms with Gasteiger partial charge in [-0.25, -0.2) is 17.8 Å². The third-order valence-electron chi connectivity index (χ3n) is 4.18. The number of pyridine rings is 1. The normalized spacial score (nSPS) is 18.9. The quantitative estimate of drug-likeness (QED) is 0.603. The number of aromatic nitrogens is 1. The molecule has 0 saturated carbocycles. The number of phenols is 1. The van der Waals surface area contributed by atoms with Gasteiger partial charge in [0.2, 0.25) is 5.88 Å². The number of aliphatic hydroxyl groups excluding tert-OH is 1. The van der Waals surface area contributed by atoms with Crippen LogP contribution in [0, 0.1) is 17.1 Å². The maximum Gasteiger partial charge on any atom is 0.388 e. The fraction of sp³-hybridized carbons (Fsp3) is 0.333. The fourth-order valence-corrected chi connectivity index (χ4v) is 4.04. The topological polar surface area (TPSA) is 144 Å². The molecule has 0 amide bonds. The lowest BCUT2D eigenvalue weighted by Gasteiger charge is -2.20. The number of sulfonamides is 1. The van der Waals surface area contributed by atoms with Gasteiger partial charge in [-0.15, -0.1) is 0 Å². The first-order chi connectivity index (χ1) is 14.5. The van der Waals surface area contributed by atoms with Gasteiger partial charge >= 0.3 is 6.61 Å². The van der Waals surface area contributed by atoms with E-state index in [0.29, 0.717) is 0 Å². The van der Waals surface area contributed by atoms with E-state index >= 15 is 0 Å². The number of aliphatic hydroxyl groups is 2. The van der Waals surface area contributed by atoms with E-state index in [4.69, 9.17) is 15.5 Å². The lowest BCUT2D eigenvalue weighted by atomic mass is 10.1.